The van der Waals surface area contributed by atoms with Crippen molar-refractivity contribution >= 4 is 0 Å². The van der Waals surface area contributed by atoms with Crippen LogP contribution in [-0.4, -0.2) is 34.0 Å². The molecule has 0 radical (unpaired) electrons. The van der Waals surface area contributed by atoms with Gasteiger partial charge in [0.2, 0.25) is 0 Å². The van der Waals surface area contributed by atoms with Gasteiger partial charge in [-0.1, -0.05) is 49.9 Å². The molecule has 0 aromatic heterocycles. The number of benzene rings is 2. The van der Waals surface area contributed by atoms with Crippen LogP contribution in [0.5, 0.6) is 17.2 Å². The number of nitrogens with one attached hydrogen (secondary N) is 1. The molecule has 0 amide bonds. The molecule has 2 aromatic carbocycles. The molecule has 0 saturated heterocycles. The molecule has 1 heterocycles. The molecule has 1 unspecified atom stereocenters. The van der Waals surface area contributed by atoms with Crippen LogP contribution in [0.1, 0.15) is 47.6 Å². The van der Waals surface area contributed by atoms with E-state index in [9.17, 15) is 0 Å². The highest BCUT2D eigenvalue weighted by atomic mass is 16.5. The molecule has 30 heavy (non-hydrogen) atoms. The third-order valence-corrected chi connectivity index (χ3v) is 5.68. The van der Waals surface area contributed by atoms with Gasteiger partial charge in [0.25, 0.3) is 0 Å². The summed E-state index contributed by atoms with van der Waals surface area (Å²) in [5, 5.41) is 3.66. The molecule has 162 valence electrons. The van der Waals surface area contributed by atoms with E-state index >= 15 is 0 Å². The van der Waals surface area contributed by atoms with Gasteiger partial charge in [-0.2, -0.15) is 0 Å². The van der Waals surface area contributed by atoms with Crippen LogP contribution in [0.3, 0.4) is 0 Å². The van der Waals surface area contributed by atoms with Gasteiger partial charge in [-0.05, 0) is 18.9 Å². The molecule has 3 rings (SSSR count). The van der Waals surface area contributed by atoms with Gasteiger partial charge in [-0.25, -0.2) is 0 Å². The molecule has 1 N–H and O–H groups in total. The Bertz CT molecular complexity index is 850. The van der Waals surface area contributed by atoms with E-state index in [0.29, 0.717) is 31.5 Å². The largest absolute Gasteiger partial charge is 0.492 e. The predicted molar refractivity (Wildman–Crippen MR) is 120 cm³/mol. The van der Waals surface area contributed by atoms with Crippen molar-refractivity contribution in [3.05, 3.63) is 65.2 Å². The number of methoxy groups -OCH3 is 2. The van der Waals surface area contributed by atoms with Crippen molar-refractivity contribution in [1.29, 1.82) is 0 Å². The quantitative estimate of drug-likeness (QED) is 0.562. The van der Waals surface area contributed by atoms with E-state index in [1.165, 1.54) is 5.56 Å². The minimum Gasteiger partial charge on any atom is -0.492 e. The van der Waals surface area contributed by atoms with Crippen molar-refractivity contribution < 1.29 is 18.9 Å². The first kappa shape index (κ1) is 22.2. The zero-order valence-electron chi connectivity index (χ0n) is 18.5. The zero-order chi connectivity index (χ0) is 21.5. The van der Waals surface area contributed by atoms with Crippen LogP contribution in [0, 0.1) is 6.92 Å². The Kier molecular flexibility index (Phi) is 7.77. The van der Waals surface area contributed by atoms with Gasteiger partial charge in [0.1, 0.15) is 12.4 Å². The van der Waals surface area contributed by atoms with Crippen LogP contribution in [0.2, 0.25) is 0 Å². The topological polar surface area (TPSA) is 49.0 Å². The fourth-order valence-electron chi connectivity index (χ4n) is 4.22. The molecule has 1 aliphatic heterocycles. The van der Waals surface area contributed by atoms with E-state index < -0.39 is 0 Å². The van der Waals surface area contributed by atoms with E-state index in [1.807, 2.05) is 25.1 Å². The molecule has 5 nitrogen and oxygen atoms in total. The third kappa shape index (κ3) is 4.47. The molecule has 5 heteroatoms. The molecule has 0 spiro atoms. The monoisotopic (exact) mass is 411 g/mol. The average Bonchev–Trinajstić information content (AvgIpc) is 2.78. The average molecular weight is 412 g/mol. The molecule has 0 bridgehead atoms. The van der Waals surface area contributed by atoms with Crippen molar-refractivity contribution in [2.45, 2.75) is 38.8 Å². The second-order valence-electron chi connectivity index (χ2n) is 7.51. The van der Waals surface area contributed by atoms with E-state index in [1.54, 1.807) is 20.3 Å². The highest BCUT2D eigenvalue weighted by molar-refractivity contribution is 5.65. The predicted octanol–water partition coefficient (Wildman–Crippen LogP) is 4.93. The van der Waals surface area contributed by atoms with Gasteiger partial charge in [0.05, 0.1) is 33.5 Å². The lowest BCUT2D eigenvalue weighted by atomic mass is 9.82. The minimum atomic E-state index is -0.0120. The van der Waals surface area contributed by atoms with Gasteiger partial charge in [-0.15, -0.1) is 0 Å². The van der Waals surface area contributed by atoms with Gasteiger partial charge in [-0.3, -0.25) is 0 Å². The molecule has 0 aliphatic carbocycles. The summed E-state index contributed by atoms with van der Waals surface area (Å²) >= 11 is 0. The van der Waals surface area contributed by atoms with E-state index in [2.05, 4.69) is 31.0 Å². The first-order valence-corrected chi connectivity index (χ1v) is 10.5. The van der Waals surface area contributed by atoms with Crippen molar-refractivity contribution in [2.75, 3.05) is 34.0 Å². The third-order valence-electron chi connectivity index (χ3n) is 5.68. The summed E-state index contributed by atoms with van der Waals surface area (Å²) in [6, 6.07) is 10.2. The first-order valence-electron chi connectivity index (χ1n) is 10.5. The van der Waals surface area contributed by atoms with Crippen molar-refractivity contribution in [1.82, 2.24) is 5.32 Å². The molecule has 0 fully saturated rings. The molecule has 1 aliphatic rings. The molecule has 0 saturated carbocycles. The number of fused-ring (bicyclic) bond motifs is 1. The molecule has 2 aromatic rings. The van der Waals surface area contributed by atoms with Crippen LogP contribution in [0.4, 0.5) is 0 Å². The lowest BCUT2D eigenvalue weighted by Gasteiger charge is -2.36. The van der Waals surface area contributed by atoms with Gasteiger partial charge in [0.15, 0.2) is 11.5 Å². The molecular weight excluding hydrogens is 378 g/mol. The zero-order valence-corrected chi connectivity index (χ0v) is 18.5. The fraction of sp³-hybridized carbons (Fsp3) is 0.440. The Balaban J connectivity index is 2.00. The molecular formula is C25H33NO4. The second kappa shape index (κ2) is 10.5. The van der Waals surface area contributed by atoms with E-state index in [-0.39, 0.29) is 6.04 Å². The number of hydrogen-bond acceptors (Lipinski definition) is 5. The Morgan fingerprint density at radius 2 is 1.80 bits per heavy atom. The maximum atomic E-state index is 6.16. The van der Waals surface area contributed by atoms with Crippen LogP contribution >= 0.6 is 0 Å². The minimum absolute atomic E-state index is 0.0120. The Labute approximate surface area is 180 Å². The van der Waals surface area contributed by atoms with Crippen molar-refractivity contribution in [3.8, 4) is 17.2 Å². The summed E-state index contributed by atoms with van der Waals surface area (Å²) in [4.78, 5) is 0. The summed E-state index contributed by atoms with van der Waals surface area (Å²) in [5.41, 5.74) is 4.38. The van der Waals surface area contributed by atoms with Gasteiger partial charge >= 0.3 is 0 Å². The van der Waals surface area contributed by atoms with Crippen molar-refractivity contribution in [2.24, 2.45) is 0 Å². The fourth-order valence-corrected chi connectivity index (χ4v) is 4.22. The van der Waals surface area contributed by atoms with Crippen LogP contribution in [0.15, 0.2) is 43.0 Å². The van der Waals surface area contributed by atoms with Gasteiger partial charge < -0.3 is 24.3 Å². The highest BCUT2D eigenvalue weighted by Crippen LogP contribution is 2.51. The molecule has 2 atom stereocenters. The standard InChI is InChI=1S/C25H33NO4/c1-6-13-30-23-17(3)24(27-4)25(28-5)22-20(26-14-19(7-2)21(22)23)16-29-15-18-11-9-8-10-12-18/h6,8-12,19-20,26H,1,7,13-16H2,2-5H3/t19?,20-/m0/s1. The summed E-state index contributed by atoms with van der Waals surface area (Å²) < 4.78 is 23.9. The summed E-state index contributed by atoms with van der Waals surface area (Å²) in [7, 11) is 3.36. The first-order chi connectivity index (χ1) is 14.7. The Morgan fingerprint density at radius 1 is 1.07 bits per heavy atom. The number of rotatable bonds is 10. The Hall–Kier alpha value is -2.50. The summed E-state index contributed by atoms with van der Waals surface area (Å²) in [5.74, 6) is 2.67. The summed E-state index contributed by atoms with van der Waals surface area (Å²) in [6.07, 6.45) is 2.77. The maximum Gasteiger partial charge on any atom is 0.167 e. The highest BCUT2D eigenvalue weighted by Gasteiger charge is 2.36. The maximum absolute atomic E-state index is 6.16. The van der Waals surface area contributed by atoms with Crippen LogP contribution < -0.4 is 19.5 Å². The van der Waals surface area contributed by atoms with Crippen LogP contribution in [-0.2, 0) is 11.3 Å². The van der Waals surface area contributed by atoms with E-state index in [4.69, 9.17) is 18.9 Å². The van der Waals surface area contributed by atoms with Crippen LogP contribution in [0.25, 0.3) is 0 Å². The van der Waals surface area contributed by atoms with Crippen molar-refractivity contribution in [3.63, 3.8) is 0 Å². The summed E-state index contributed by atoms with van der Waals surface area (Å²) in [6.45, 7) is 10.4. The smallest absolute Gasteiger partial charge is 0.167 e. The van der Waals surface area contributed by atoms with Gasteiger partial charge in [0, 0.05) is 29.2 Å². The Morgan fingerprint density at radius 3 is 2.43 bits per heavy atom. The lowest BCUT2D eigenvalue weighted by molar-refractivity contribution is 0.0943. The number of hydrogen-bond donors (Lipinski definition) is 1. The number of ether oxygens (including phenoxy) is 4. The lowest BCUT2D eigenvalue weighted by Crippen LogP contribution is -2.36. The second-order valence-corrected chi connectivity index (χ2v) is 7.51. The SMILES string of the molecule is C=CCOc1c(C)c(OC)c(OC)c2c1C(CC)CN[C@H]2COCc1ccccc1. The normalized spacial score (nSPS) is 17.9. The van der Waals surface area contributed by atoms with E-state index in [0.717, 1.165) is 41.2 Å².